The number of aromatic amines is 1. The van der Waals surface area contributed by atoms with Gasteiger partial charge in [-0.1, -0.05) is 0 Å². The van der Waals surface area contributed by atoms with Crippen LogP contribution in [0.4, 0.5) is 5.82 Å². The molecule has 0 saturated carbocycles. The summed E-state index contributed by atoms with van der Waals surface area (Å²) < 4.78 is 4.91. The summed E-state index contributed by atoms with van der Waals surface area (Å²) in [4.78, 5) is 45.9. The molecule has 120 valence electrons. The van der Waals surface area contributed by atoms with Crippen LogP contribution in [-0.2, 0) is 4.74 Å². The first kappa shape index (κ1) is 16.3. The molecule has 2 aromatic heterocycles. The maximum absolute atomic E-state index is 12.2. The van der Waals surface area contributed by atoms with Crippen LogP contribution < -0.4 is 5.73 Å². The molecule has 2 rings (SSSR count). The van der Waals surface area contributed by atoms with E-state index in [2.05, 4.69) is 15.0 Å². The van der Waals surface area contributed by atoms with E-state index in [1.165, 1.54) is 19.3 Å². The van der Waals surface area contributed by atoms with Crippen molar-refractivity contribution in [2.45, 2.75) is 20.8 Å². The maximum atomic E-state index is 12.2. The minimum absolute atomic E-state index is 0.0734. The van der Waals surface area contributed by atoms with Crippen LogP contribution in [0.15, 0.2) is 12.4 Å². The molecule has 0 aromatic carbocycles. The molecule has 0 saturated heterocycles. The normalized spacial score (nSPS) is 10.4. The zero-order chi connectivity index (χ0) is 17.1. The number of carbonyl (C=O) groups is 3. The number of ketones is 2. The van der Waals surface area contributed by atoms with Crippen molar-refractivity contribution in [2.75, 3.05) is 12.3 Å². The zero-order valence-corrected chi connectivity index (χ0v) is 13.0. The molecule has 2 heterocycles. The fraction of sp³-hybridized carbons (Fsp3) is 0.267. The largest absolute Gasteiger partial charge is 0.452 e. The topological polar surface area (TPSA) is 128 Å². The maximum Gasteiger partial charge on any atom is 0.361 e. The van der Waals surface area contributed by atoms with Crippen molar-refractivity contribution in [2.24, 2.45) is 0 Å². The number of carbonyl (C=O) groups excluding carboxylic acids is 3. The number of aryl methyl sites for hydroxylation is 1. The molecule has 0 aliphatic rings. The molecule has 8 heteroatoms. The summed E-state index contributed by atoms with van der Waals surface area (Å²) in [5.74, 6) is -1.50. The van der Waals surface area contributed by atoms with E-state index in [4.69, 9.17) is 10.5 Å². The second kappa shape index (κ2) is 6.39. The van der Waals surface area contributed by atoms with E-state index in [9.17, 15) is 14.4 Å². The lowest BCUT2D eigenvalue weighted by atomic mass is 10.1. The third-order valence-electron chi connectivity index (χ3n) is 3.32. The number of esters is 1. The van der Waals surface area contributed by atoms with Crippen LogP contribution in [0.25, 0.3) is 0 Å². The SMILES string of the molecule is CC(=O)c1c(C)[nH]c(C(=O)COC(=O)c2nccnc2N)c1C. The Morgan fingerprint density at radius 3 is 2.43 bits per heavy atom. The van der Waals surface area contributed by atoms with E-state index in [1.807, 2.05) is 0 Å². The molecular formula is C15H16N4O4. The first-order valence-electron chi connectivity index (χ1n) is 6.79. The van der Waals surface area contributed by atoms with Gasteiger partial charge in [-0.25, -0.2) is 14.8 Å². The number of nitrogens with one attached hydrogen (secondary N) is 1. The number of ether oxygens (including phenoxy) is 1. The summed E-state index contributed by atoms with van der Waals surface area (Å²) in [5, 5.41) is 0. The van der Waals surface area contributed by atoms with Gasteiger partial charge >= 0.3 is 5.97 Å². The minimum Gasteiger partial charge on any atom is -0.452 e. The molecule has 0 bridgehead atoms. The highest BCUT2D eigenvalue weighted by molar-refractivity contribution is 6.04. The Morgan fingerprint density at radius 1 is 1.22 bits per heavy atom. The molecule has 23 heavy (non-hydrogen) atoms. The van der Waals surface area contributed by atoms with Crippen molar-refractivity contribution in [1.82, 2.24) is 15.0 Å². The van der Waals surface area contributed by atoms with Gasteiger partial charge in [0, 0.05) is 23.7 Å². The number of nitrogen functional groups attached to an aromatic ring is 1. The summed E-state index contributed by atoms with van der Waals surface area (Å²) in [6.07, 6.45) is 2.64. The summed E-state index contributed by atoms with van der Waals surface area (Å²) >= 11 is 0. The number of rotatable bonds is 5. The lowest BCUT2D eigenvalue weighted by Gasteiger charge is -2.05. The highest BCUT2D eigenvalue weighted by atomic mass is 16.5. The van der Waals surface area contributed by atoms with Crippen LogP contribution in [0, 0.1) is 13.8 Å². The van der Waals surface area contributed by atoms with Gasteiger partial charge in [-0.05, 0) is 26.3 Å². The predicted octanol–water partition coefficient (Wildman–Crippen LogP) is 1.25. The molecule has 0 unspecified atom stereocenters. The van der Waals surface area contributed by atoms with Gasteiger partial charge in [0.05, 0.1) is 5.69 Å². The first-order valence-corrected chi connectivity index (χ1v) is 6.79. The van der Waals surface area contributed by atoms with Crippen molar-refractivity contribution < 1.29 is 19.1 Å². The molecule has 0 amide bonds. The Balaban J connectivity index is 2.12. The standard InChI is InChI=1S/C15H16N4O4/c1-7-11(9(3)20)8(2)19-12(7)10(21)6-23-15(22)13-14(16)18-5-4-17-13/h4-5,19H,6H2,1-3H3,(H2,16,18). The number of nitrogens with zero attached hydrogens (tertiary/aromatic N) is 2. The molecule has 2 aromatic rings. The quantitative estimate of drug-likeness (QED) is 0.627. The highest BCUT2D eigenvalue weighted by Gasteiger charge is 2.22. The Bertz CT molecular complexity index is 795. The Kier molecular flexibility index (Phi) is 4.54. The third-order valence-corrected chi connectivity index (χ3v) is 3.32. The van der Waals surface area contributed by atoms with Gasteiger partial charge in [-0.3, -0.25) is 9.59 Å². The van der Waals surface area contributed by atoms with Crippen molar-refractivity contribution in [3.8, 4) is 0 Å². The van der Waals surface area contributed by atoms with Gasteiger partial charge in [0.2, 0.25) is 5.78 Å². The Labute approximate surface area is 132 Å². The lowest BCUT2D eigenvalue weighted by molar-refractivity contribution is 0.0468. The number of hydrogen-bond donors (Lipinski definition) is 2. The second-order valence-corrected chi connectivity index (χ2v) is 4.97. The van der Waals surface area contributed by atoms with Crippen molar-refractivity contribution in [1.29, 1.82) is 0 Å². The molecule has 0 aliphatic heterocycles. The van der Waals surface area contributed by atoms with Gasteiger partial charge in [0.15, 0.2) is 23.9 Å². The van der Waals surface area contributed by atoms with Gasteiger partial charge in [0.25, 0.3) is 0 Å². The molecular weight excluding hydrogens is 300 g/mol. The van der Waals surface area contributed by atoms with Crippen LogP contribution >= 0.6 is 0 Å². The number of aromatic nitrogens is 3. The molecule has 0 fully saturated rings. The molecule has 0 aliphatic carbocycles. The van der Waals surface area contributed by atoms with Crippen LogP contribution in [0.5, 0.6) is 0 Å². The zero-order valence-electron chi connectivity index (χ0n) is 13.0. The minimum atomic E-state index is -0.836. The molecule has 0 spiro atoms. The van der Waals surface area contributed by atoms with Gasteiger partial charge < -0.3 is 15.5 Å². The van der Waals surface area contributed by atoms with E-state index < -0.39 is 18.4 Å². The highest BCUT2D eigenvalue weighted by Crippen LogP contribution is 2.19. The van der Waals surface area contributed by atoms with E-state index in [0.29, 0.717) is 16.8 Å². The summed E-state index contributed by atoms with van der Waals surface area (Å²) in [6, 6.07) is 0. The number of hydrogen-bond acceptors (Lipinski definition) is 7. The fourth-order valence-electron chi connectivity index (χ4n) is 2.33. The summed E-state index contributed by atoms with van der Waals surface area (Å²) in [5.41, 5.74) is 7.22. The average molecular weight is 316 g/mol. The van der Waals surface area contributed by atoms with Gasteiger partial charge in [0.1, 0.15) is 0 Å². The fourth-order valence-corrected chi connectivity index (χ4v) is 2.33. The van der Waals surface area contributed by atoms with Gasteiger partial charge in [-0.15, -0.1) is 0 Å². The molecule has 0 atom stereocenters. The summed E-state index contributed by atoms with van der Waals surface area (Å²) in [7, 11) is 0. The Morgan fingerprint density at radius 2 is 1.87 bits per heavy atom. The molecule has 3 N–H and O–H groups in total. The number of H-pyrrole nitrogens is 1. The van der Waals surface area contributed by atoms with Crippen molar-refractivity contribution >= 4 is 23.4 Å². The second-order valence-electron chi connectivity index (χ2n) is 4.97. The monoisotopic (exact) mass is 316 g/mol. The number of nitrogens with two attached hydrogens (primary N) is 1. The lowest BCUT2D eigenvalue weighted by Crippen LogP contribution is -2.17. The Hall–Kier alpha value is -3.03. The van der Waals surface area contributed by atoms with Crippen molar-refractivity contribution in [3.63, 3.8) is 0 Å². The van der Waals surface area contributed by atoms with Crippen LogP contribution in [0.2, 0.25) is 0 Å². The van der Waals surface area contributed by atoms with Crippen molar-refractivity contribution in [3.05, 3.63) is 40.6 Å². The van der Waals surface area contributed by atoms with E-state index in [0.717, 1.165) is 0 Å². The predicted molar refractivity (Wildman–Crippen MR) is 81.3 cm³/mol. The van der Waals surface area contributed by atoms with Crippen LogP contribution in [0.1, 0.15) is 49.5 Å². The van der Waals surface area contributed by atoms with E-state index in [1.54, 1.807) is 13.8 Å². The smallest absolute Gasteiger partial charge is 0.361 e. The summed E-state index contributed by atoms with van der Waals surface area (Å²) in [6.45, 7) is 4.30. The van der Waals surface area contributed by atoms with Crippen LogP contribution in [-0.4, -0.2) is 39.1 Å². The number of Topliss-reactive ketones (excluding diaryl/α,β-unsaturated/α-hetero) is 2. The first-order chi connectivity index (χ1) is 10.8. The van der Waals surface area contributed by atoms with Crippen LogP contribution in [0.3, 0.4) is 0 Å². The van der Waals surface area contributed by atoms with E-state index >= 15 is 0 Å². The average Bonchev–Trinajstić information content (AvgIpc) is 2.80. The van der Waals surface area contributed by atoms with E-state index in [-0.39, 0.29) is 23.0 Å². The number of anilines is 1. The molecule has 8 nitrogen and oxygen atoms in total. The third kappa shape index (κ3) is 3.25. The van der Waals surface area contributed by atoms with Gasteiger partial charge in [-0.2, -0.15) is 0 Å². The molecule has 0 radical (unpaired) electrons.